The van der Waals surface area contributed by atoms with Crippen molar-refractivity contribution in [3.05, 3.63) is 12.3 Å². The zero-order valence-corrected chi connectivity index (χ0v) is 18.1. The van der Waals surface area contributed by atoms with Gasteiger partial charge in [-0.15, -0.1) is 0 Å². The van der Waals surface area contributed by atoms with Gasteiger partial charge in [0.1, 0.15) is 10.5 Å². The molecule has 5 nitrogen and oxygen atoms in total. The number of rotatable bonds is 5. The van der Waals surface area contributed by atoms with E-state index in [1.54, 1.807) is 18.0 Å². The van der Waals surface area contributed by atoms with Crippen LogP contribution in [0.25, 0.3) is 0 Å². The Morgan fingerprint density at radius 2 is 2.07 bits per heavy atom. The van der Waals surface area contributed by atoms with Crippen LogP contribution in [-0.2, 0) is 9.59 Å². The summed E-state index contributed by atoms with van der Waals surface area (Å²) >= 11 is 1.75. The van der Waals surface area contributed by atoms with Gasteiger partial charge in [-0.25, -0.2) is 4.99 Å². The van der Waals surface area contributed by atoms with Gasteiger partial charge in [-0.2, -0.15) is 0 Å². The molecule has 0 aromatic carbocycles. The number of nitrogens with zero attached hydrogens (tertiary/aromatic N) is 3. The van der Waals surface area contributed by atoms with E-state index in [0.717, 1.165) is 61.6 Å². The SMILES string of the molecule is CC1(CC2CCN(C(=O)C3=NC=CC3)CC2)SC(C[C@H]2C[C@@H]3CC[C@H]2C3)=NC1=O. The molecular formula is C23H31N3O2S. The van der Waals surface area contributed by atoms with E-state index in [4.69, 9.17) is 0 Å². The normalized spacial score (nSPS) is 36.8. The first kappa shape index (κ1) is 19.5. The number of piperidine rings is 1. The van der Waals surface area contributed by atoms with Gasteiger partial charge in [-0.1, -0.05) is 24.3 Å². The van der Waals surface area contributed by atoms with Crippen molar-refractivity contribution in [3.63, 3.8) is 0 Å². The number of hydrogen-bond donors (Lipinski definition) is 0. The lowest BCUT2D eigenvalue weighted by atomic mass is 9.86. The molecule has 4 atom stereocenters. The molecule has 6 heteroatoms. The fraction of sp³-hybridized carbons (Fsp3) is 0.739. The molecule has 0 spiro atoms. The number of hydrogen-bond acceptors (Lipinski definition) is 4. The number of fused-ring (bicyclic) bond motifs is 2. The van der Waals surface area contributed by atoms with Gasteiger partial charge >= 0.3 is 0 Å². The van der Waals surface area contributed by atoms with E-state index in [-0.39, 0.29) is 11.8 Å². The van der Waals surface area contributed by atoms with Crippen molar-refractivity contribution in [1.29, 1.82) is 0 Å². The van der Waals surface area contributed by atoms with E-state index in [9.17, 15) is 9.59 Å². The molecular weight excluding hydrogens is 382 g/mol. The van der Waals surface area contributed by atoms with Gasteiger partial charge in [-0.05, 0) is 75.5 Å². The van der Waals surface area contributed by atoms with Gasteiger partial charge in [0.25, 0.3) is 11.8 Å². The average molecular weight is 414 g/mol. The van der Waals surface area contributed by atoms with E-state index in [1.807, 2.05) is 11.0 Å². The predicted octanol–water partition coefficient (Wildman–Crippen LogP) is 4.23. The maximum atomic E-state index is 12.8. The van der Waals surface area contributed by atoms with Gasteiger partial charge in [-0.3, -0.25) is 14.6 Å². The lowest BCUT2D eigenvalue weighted by molar-refractivity contribution is -0.126. The number of allylic oxidation sites excluding steroid dienone is 1. The number of carbonyl (C=O) groups excluding carboxylic acids is 2. The quantitative estimate of drug-likeness (QED) is 0.678. The Bertz CT molecular complexity index is 796. The van der Waals surface area contributed by atoms with Crippen molar-refractivity contribution in [2.75, 3.05) is 13.1 Å². The van der Waals surface area contributed by atoms with Crippen LogP contribution in [0.2, 0.25) is 0 Å². The number of aliphatic imine (C=N–C) groups is 2. The maximum absolute atomic E-state index is 12.8. The summed E-state index contributed by atoms with van der Waals surface area (Å²) in [5.74, 6) is 3.23. The van der Waals surface area contributed by atoms with Crippen LogP contribution in [0.5, 0.6) is 0 Å². The summed E-state index contributed by atoms with van der Waals surface area (Å²) in [5.41, 5.74) is 0.663. The molecule has 3 heterocycles. The first-order valence-electron chi connectivity index (χ1n) is 11.3. The maximum Gasteiger partial charge on any atom is 0.268 e. The summed E-state index contributed by atoms with van der Waals surface area (Å²) in [6.45, 7) is 3.64. The molecule has 0 aromatic heterocycles. The van der Waals surface area contributed by atoms with Crippen LogP contribution in [0.15, 0.2) is 22.3 Å². The summed E-state index contributed by atoms with van der Waals surface area (Å²) < 4.78 is -0.400. The van der Waals surface area contributed by atoms with Crippen LogP contribution in [0.3, 0.4) is 0 Å². The zero-order valence-electron chi connectivity index (χ0n) is 17.3. The van der Waals surface area contributed by atoms with Gasteiger partial charge < -0.3 is 4.90 Å². The minimum absolute atomic E-state index is 0.0746. The van der Waals surface area contributed by atoms with Crippen molar-refractivity contribution in [2.45, 2.75) is 69.5 Å². The summed E-state index contributed by atoms with van der Waals surface area (Å²) in [6.07, 6.45) is 13.7. The van der Waals surface area contributed by atoms with Crippen molar-refractivity contribution in [3.8, 4) is 0 Å². The highest BCUT2D eigenvalue weighted by atomic mass is 32.2. The van der Waals surface area contributed by atoms with Crippen LogP contribution in [0, 0.1) is 23.7 Å². The second-order valence-electron chi connectivity index (χ2n) is 9.89. The monoisotopic (exact) mass is 413 g/mol. The Morgan fingerprint density at radius 1 is 1.24 bits per heavy atom. The first-order valence-corrected chi connectivity index (χ1v) is 12.1. The standard InChI is InChI=1S/C23H31N3O2S/c1-23(14-15-6-9-26(10-7-15)21(27)19-3-2-8-24-19)22(28)25-20(29-23)13-18-12-16-4-5-17(18)11-16/h2,8,15-18H,3-7,9-14H2,1H3/t16-,17+,18-,23?/m1/s1. The fourth-order valence-corrected chi connectivity index (χ4v) is 7.60. The van der Waals surface area contributed by atoms with Gasteiger partial charge in [0.05, 0.1) is 5.04 Å². The Morgan fingerprint density at radius 3 is 2.72 bits per heavy atom. The molecule has 2 amide bonds. The molecule has 1 unspecified atom stereocenters. The second-order valence-corrected chi connectivity index (χ2v) is 11.5. The van der Waals surface area contributed by atoms with Crippen LogP contribution < -0.4 is 0 Å². The highest BCUT2D eigenvalue weighted by Crippen LogP contribution is 2.51. The topological polar surface area (TPSA) is 62.1 Å². The summed E-state index contributed by atoms with van der Waals surface area (Å²) in [4.78, 5) is 35.9. The fourth-order valence-electron chi connectivity index (χ4n) is 6.20. The first-order chi connectivity index (χ1) is 14.0. The number of likely N-dealkylation sites (tertiary alicyclic amines) is 1. The van der Waals surface area contributed by atoms with Gasteiger partial charge in [0.15, 0.2) is 0 Å². The van der Waals surface area contributed by atoms with Crippen LogP contribution >= 0.6 is 11.8 Å². The molecule has 1 saturated heterocycles. The van der Waals surface area contributed by atoms with E-state index < -0.39 is 4.75 Å². The van der Waals surface area contributed by atoms with E-state index in [1.165, 1.54) is 25.7 Å². The highest BCUT2D eigenvalue weighted by molar-refractivity contribution is 8.16. The van der Waals surface area contributed by atoms with Crippen molar-refractivity contribution < 1.29 is 9.59 Å². The Hall–Kier alpha value is -1.43. The summed E-state index contributed by atoms with van der Waals surface area (Å²) in [6, 6.07) is 0. The molecule has 29 heavy (non-hydrogen) atoms. The minimum Gasteiger partial charge on any atom is -0.338 e. The Kier molecular flexibility index (Phi) is 5.17. The van der Waals surface area contributed by atoms with Crippen LogP contribution in [0.1, 0.15) is 64.7 Å². The minimum atomic E-state index is -0.400. The molecule has 0 aromatic rings. The van der Waals surface area contributed by atoms with Crippen molar-refractivity contribution >= 4 is 34.3 Å². The largest absolute Gasteiger partial charge is 0.338 e. The van der Waals surface area contributed by atoms with Crippen LogP contribution in [-0.4, -0.2) is 45.3 Å². The molecule has 3 fully saturated rings. The summed E-state index contributed by atoms with van der Waals surface area (Å²) in [5, 5.41) is 1.09. The van der Waals surface area contributed by atoms with E-state index >= 15 is 0 Å². The van der Waals surface area contributed by atoms with Gasteiger partial charge in [0.2, 0.25) is 0 Å². The molecule has 156 valence electrons. The Labute approximate surface area is 177 Å². The number of amides is 2. The molecule has 0 N–H and O–H groups in total. The molecule has 2 bridgehead atoms. The third kappa shape index (κ3) is 3.85. The molecule has 3 aliphatic heterocycles. The lowest BCUT2D eigenvalue weighted by Crippen LogP contribution is -2.43. The smallest absolute Gasteiger partial charge is 0.268 e. The number of carbonyl (C=O) groups is 2. The second kappa shape index (κ2) is 7.68. The van der Waals surface area contributed by atoms with Crippen molar-refractivity contribution in [1.82, 2.24) is 4.90 Å². The highest BCUT2D eigenvalue weighted by Gasteiger charge is 2.46. The molecule has 5 rings (SSSR count). The van der Waals surface area contributed by atoms with Crippen LogP contribution in [0.4, 0.5) is 0 Å². The molecule has 5 aliphatic rings. The molecule has 2 saturated carbocycles. The molecule has 2 aliphatic carbocycles. The van der Waals surface area contributed by atoms with Crippen molar-refractivity contribution in [2.24, 2.45) is 33.7 Å². The third-order valence-corrected chi connectivity index (χ3v) is 9.10. The predicted molar refractivity (Wildman–Crippen MR) is 117 cm³/mol. The molecule has 0 radical (unpaired) electrons. The average Bonchev–Trinajstić information content (AvgIpc) is 3.48. The number of thioether (sulfide) groups is 1. The Balaban J connectivity index is 1.12. The zero-order chi connectivity index (χ0) is 20.0. The van der Waals surface area contributed by atoms with E-state index in [2.05, 4.69) is 16.9 Å². The van der Waals surface area contributed by atoms with Gasteiger partial charge in [0, 0.05) is 25.7 Å². The lowest BCUT2D eigenvalue weighted by Gasteiger charge is -2.35. The third-order valence-electron chi connectivity index (χ3n) is 7.82. The van der Waals surface area contributed by atoms with E-state index in [0.29, 0.717) is 18.1 Å². The summed E-state index contributed by atoms with van der Waals surface area (Å²) in [7, 11) is 0.